The zero-order valence-electron chi connectivity index (χ0n) is 26.7. The van der Waals surface area contributed by atoms with Gasteiger partial charge in [0.2, 0.25) is 10.0 Å². The van der Waals surface area contributed by atoms with Crippen molar-refractivity contribution < 1.29 is 31.8 Å². The maximum atomic E-state index is 14.4. The molecule has 3 heterocycles. The lowest BCUT2D eigenvalue weighted by molar-refractivity contribution is 0.0214. The molecule has 0 radical (unpaired) electrons. The molecule has 4 unspecified atom stereocenters. The van der Waals surface area contributed by atoms with Gasteiger partial charge in [0, 0.05) is 31.7 Å². The lowest BCUT2D eigenvalue weighted by atomic mass is 9.71. The summed E-state index contributed by atoms with van der Waals surface area (Å²) in [5, 5.41) is 0. The number of ether oxygens (including phenoxy) is 4. The van der Waals surface area contributed by atoms with Crippen LogP contribution in [-0.4, -0.2) is 71.7 Å². The molecule has 10 heteroatoms. The third-order valence-corrected chi connectivity index (χ3v) is 12.2. The van der Waals surface area contributed by atoms with Crippen LogP contribution >= 0.6 is 0 Å². The summed E-state index contributed by atoms with van der Waals surface area (Å²) in [6.07, 6.45) is 3.75. The Morgan fingerprint density at radius 2 is 1.38 bits per heavy atom. The van der Waals surface area contributed by atoms with Crippen LogP contribution in [0.4, 0.5) is 4.39 Å². The molecular formula is C35H43FN2O6S. The molecule has 0 aromatic heterocycles. The van der Waals surface area contributed by atoms with E-state index in [1.807, 2.05) is 12.1 Å². The SMILES string of the molecule is CCC1CN2CCc3cc(OC)c(OC)cc3C2CC1C1Cc2cc(OC)c(OC)cc2CCN1S(=O)(=O)c1ccc(F)cc1. The molecule has 3 aliphatic rings. The zero-order valence-corrected chi connectivity index (χ0v) is 27.5. The van der Waals surface area contributed by atoms with Crippen LogP contribution in [0.2, 0.25) is 0 Å². The van der Waals surface area contributed by atoms with Crippen molar-refractivity contribution in [3.05, 3.63) is 76.6 Å². The average Bonchev–Trinajstić information content (AvgIpc) is 3.25. The monoisotopic (exact) mass is 638 g/mol. The van der Waals surface area contributed by atoms with Gasteiger partial charge in [-0.15, -0.1) is 0 Å². The van der Waals surface area contributed by atoms with Gasteiger partial charge >= 0.3 is 0 Å². The second kappa shape index (κ2) is 12.8. The number of nitrogens with zero attached hydrogens (tertiary/aromatic N) is 2. The topological polar surface area (TPSA) is 77.5 Å². The normalized spacial score (nSPS) is 23.7. The maximum absolute atomic E-state index is 14.4. The molecule has 0 aliphatic carbocycles. The number of hydrogen-bond donors (Lipinski definition) is 0. The first-order valence-corrected chi connectivity index (χ1v) is 17.2. The Morgan fingerprint density at radius 3 is 2.00 bits per heavy atom. The fourth-order valence-electron chi connectivity index (χ4n) is 7.88. The van der Waals surface area contributed by atoms with Gasteiger partial charge in [0.05, 0.1) is 33.3 Å². The Labute approximate surface area is 266 Å². The van der Waals surface area contributed by atoms with Gasteiger partial charge in [-0.3, -0.25) is 4.90 Å². The van der Waals surface area contributed by atoms with Crippen molar-refractivity contribution in [2.24, 2.45) is 11.8 Å². The number of halogens is 1. The highest BCUT2D eigenvalue weighted by molar-refractivity contribution is 7.89. The lowest BCUT2D eigenvalue weighted by Gasteiger charge is -2.50. The number of fused-ring (bicyclic) bond motifs is 4. The summed E-state index contributed by atoms with van der Waals surface area (Å²) in [6.45, 7) is 4.36. The van der Waals surface area contributed by atoms with E-state index in [9.17, 15) is 12.8 Å². The molecule has 0 N–H and O–H groups in total. The molecule has 1 fully saturated rings. The van der Waals surface area contributed by atoms with Gasteiger partial charge in [0.25, 0.3) is 0 Å². The summed E-state index contributed by atoms with van der Waals surface area (Å²) in [5.74, 6) is 2.60. The fourth-order valence-corrected chi connectivity index (χ4v) is 9.55. The van der Waals surface area contributed by atoms with Crippen LogP contribution in [0.1, 0.15) is 48.1 Å². The first-order valence-electron chi connectivity index (χ1n) is 15.7. The summed E-state index contributed by atoms with van der Waals surface area (Å²) in [4.78, 5) is 2.68. The Bertz CT molecular complexity index is 1650. The van der Waals surface area contributed by atoms with E-state index in [1.165, 1.54) is 35.4 Å². The van der Waals surface area contributed by atoms with E-state index < -0.39 is 15.8 Å². The fraction of sp³-hybridized carbons (Fsp3) is 0.486. The quantitative estimate of drug-likeness (QED) is 0.315. The maximum Gasteiger partial charge on any atom is 0.243 e. The molecule has 6 rings (SSSR count). The molecule has 45 heavy (non-hydrogen) atoms. The van der Waals surface area contributed by atoms with Crippen LogP contribution < -0.4 is 18.9 Å². The van der Waals surface area contributed by atoms with E-state index >= 15 is 0 Å². The molecule has 3 aliphatic heterocycles. The van der Waals surface area contributed by atoms with Gasteiger partial charge in [-0.2, -0.15) is 4.31 Å². The first kappa shape index (κ1) is 31.6. The van der Waals surface area contributed by atoms with Crippen LogP contribution in [0.15, 0.2) is 53.4 Å². The van der Waals surface area contributed by atoms with Crippen molar-refractivity contribution in [1.29, 1.82) is 0 Å². The molecule has 3 aromatic rings. The highest BCUT2D eigenvalue weighted by atomic mass is 32.2. The van der Waals surface area contributed by atoms with Gasteiger partial charge < -0.3 is 18.9 Å². The van der Waals surface area contributed by atoms with Crippen LogP contribution in [0.25, 0.3) is 0 Å². The largest absolute Gasteiger partial charge is 0.493 e. The molecule has 8 nitrogen and oxygen atoms in total. The van der Waals surface area contributed by atoms with Gasteiger partial charge in [-0.05, 0) is 108 Å². The number of hydrogen-bond acceptors (Lipinski definition) is 7. The standard InChI is InChI=1S/C35H43FN2O6S/c1-6-22-21-37-13-11-24-17-33(42-3)35(44-5)20-29(24)30(37)19-28(22)31-15-25-18-34(43-4)32(41-2)16-23(25)12-14-38(31)45(39,40)27-9-7-26(36)8-10-27/h7-10,16-18,20,22,28,30-31H,6,11-15,19,21H2,1-5H3. The summed E-state index contributed by atoms with van der Waals surface area (Å²) in [5.41, 5.74) is 4.61. The lowest BCUT2D eigenvalue weighted by Crippen LogP contribution is -2.54. The van der Waals surface area contributed by atoms with E-state index in [0.717, 1.165) is 49.2 Å². The molecular weight excluding hydrogens is 595 g/mol. The minimum atomic E-state index is -3.94. The van der Waals surface area contributed by atoms with Crippen molar-refractivity contribution in [2.45, 2.75) is 56.0 Å². The number of benzene rings is 3. The van der Waals surface area contributed by atoms with Crippen LogP contribution in [-0.2, 0) is 29.3 Å². The summed E-state index contributed by atoms with van der Waals surface area (Å²) < 4.78 is 67.1. The van der Waals surface area contributed by atoms with Gasteiger partial charge in [0.1, 0.15) is 5.82 Å². The molecule has 3 aromatic carbocycles. The van der Waals surface area contributed by atoms with Crippen molar-refractivity contribution in [3.8, 4) is 23.0 Å². The molecule has 242 valence electrons. The number of methoxy groups -OCH3 is 4. The third-order valence-electron chi connectivity index (χ3n) is 10.2. The highest BCUT2D eigenvalue weighted by Gasteiger charge is 2.46. The van der Waals surface area contributed by atoms with Crippen molar-refractivity contribution in [3.63, 3.8) is 0 Å². The summed E-state index contributed by atoms with van der Waals surface area (Å²) in [7, 11) is 2.61. The number of rotatable bonds is 8. The Kier molecular flexibility index (Phi) is 9.00. The molecule has 0 spiro atoms. The predicted octanol–water partition coefficient (Wildman–Crippen LogP) is 5.66. The Balaban J connectivity index is 1.45. The van der Waals surface area contributed by atoms with E-state index in [1.54, 1.807) is 32.7 Å². The van der Waals surface area contributed by atoms with Crippen LogP contribution in [0, 0.1) is 17.7 Å². The molecule has 1 saturated heterocycles. The van der Waals surface area contributed by atoms with Gasteiger partial charge in [0.15, 0.2) is 23.0 Å². The van der Waals surface area contributed by atoms with Gasteiger partial charge in [-0.25, -0.2) is 12.8 Å². The summed E-state index contributed by atoms with van der Waals surface area (Å²) >= 11 is 0. The number of sulfonamides is 1. The first-order chi connectivity index (χ1) is 21.7. The molecule has 0 bridgehead atoms. The predicted molar refractivity (Wildman–Crippen MR) is 170 cm³/mol. The third kappa shape index (κ3) is 5.77. The van der Waals surface area contributed by atoms with Crippen LogP contribution in [0.3, 0.4) is 0 Å². The second-order valence-corrected chi connectivity index (χ2v) is 14.2. The van der Waals surface area contributed by atoms with E-state index in [-0.39, 0.29) is 22.9 Å². The van der Waals surface area contributed by atoms with E-state index in [2.05, 4.69) is 24.0 Å². The average molecular weight is 639 g/mol. The highest BCUT2D eigenvalue weighted by Crippen LogP contribution is 2.48. The van der Waals surface area contributed by atoms with E-state index in [0.29, 0.717) is 42.6 Å². The van der Waals surface area contributed by atoms with Crippen molar-refractivity contribution in [2.75, 3.05) is 48.1 Å². The summed E-state index contributed by atoms with van der Waals surface area (Å²) in [6, 6.07) is 13.2. The number of piperidine rings is 1. The second-order valence-electron chi connectivity index (χ2n) is 12.3. The van der Waals surface area contributed by atoms with Crippen molar-refractivity contribution in [1.82, 2.24) is 9.21 Å². The van der Waals surface area contributed by atoms with E-state index in [4.69, 9.17) is 18.9 Å². The Hall–Kier alpha value is -3.34. The van der Waals surface area contributed by atoms with Gasteiger partial charge in [-0.1, -0.05) is 13.3 Å². The molecule has 0 amide bonds. The molecule has 4 atom stereocenters. The molecule has 0 saturated carbocycles. The zero-order chi connectivity index (χ0) is 31.9. The minimum absolute atomic E-state index is 0.0737. The Morgan fingerprint density at radius 1 is 0.800 bits per heavy atom. The van der Waals surface area contributed by atoms with Crippen molar-refractivity contribution >= 4 is 10.0 Å². The smallest absolute Gasteiger partial charge is 0.243 e. The minimum Gasteiger partial charge on any atom is -0.493 e. The van der Waals surface area contributed by atoms with Crippen LogP contribution in [0.5, 0.6) is 23.0 Å².